The van der Waals surface area contributed by atoms with Gasteiger partial charge in [-0.2, -0.15) is 9.67 Å². The molecule has 0 bridgehead atoms. The van der Waals surface area contributed by atoms with E-state index in [-0.39, 0.29) is 17.9 Å². The fraction of sp³-hybridized carbons (Fsp3) is 0.500. The van der Waals surface area contributed by atoms with Crippen LogP contribution in [0.25, 0.3) is 0 Å². The molecule has 0 radical (unpaired) electrons. The van der Waals surface area contributed by atoms with Crippen molar-refractivity contribution in [3.63, 3.8) is 0 Å². The third-order valence-corrected chi connectivity index (χ3v) is 1.84. The van der Waals surface area contributed by atoms with Crippen molar-refractivity contribution in [2.45, 2.75) is 19.4 Å². The molecule has 0 fully saturated rings. The molecule has 0 saturated carbocycles. The van der Waals surface area contributed by atoms with Crippen LogP contribution in [0.15, 0.2) is 0 Å². The zero-order valence-electron chi connectivity index (χ0n) is 6.61. The zero-order valence-corrected chi connectivity index (χ0v) is 6.61. The molecule has 1 atom stereocenters. The Morgan fingerprint density at radius 1 is 1.75 bits per heavy atom. The summed E-state index contributed by atoms with van der Waals surface area (Å²) in [6, 6.07) is -0.194. The fourth-order valence-electron chi connectivity index (χ4n) is 1.22. The zero-order chi connectivity index (χ0) is 8.72. The molecule has 1 aromatic heterocycles. The summed E-state index contributed by atoms with van der Waals surface area (Å²) in [5.41, 5.74) is 5.30. The van der Waals surface area contributed by atoms with E-state index in [0.717, 1.165) is 6.42 Å². The highest BCUT2D eigenvalue weighted by Crippen LogP contribution is 2.17. The molecule has 0 saturated heterocycles. The van der Waals surface area contributed by atoms with Gasteiger partial charge in [0.25, 0.3) is 5.91 Å². The maximum atomic E-state index is 11.4. The first-order chi connectivity index (χ1) is 5.72. The topological polar surface area (TPSA) is 85.8 Å². The van der Waals surface area contributed by atoms with Crippen LogP contribution in [0.2, 0.25) is 0 Å². The first kappa shape index (κ1) is 7.08. The van der Waals surface area contributed by atoms with Crippen molar-refractivity contribution < 1.29 is 4.79 Å². The summed E-state index contributed by atoms with van der Waals surface area (Å²) in [7, 11) is 0. The van der Waals surface area contributed by atoms with Crippen LogP contribution in [0.5, 0.6) is 0 Å². The number of nitrogens with zero attached hydrogens (tertiary/aromatic N) is 3. The highest BCUT2D eigenvalue weighted by molar-refractivity contribution is 5.92. The number of aromatic nitrogens is 3. The lowest BCUT2D eigenvalue weighted by Crippen LogP contribution is -2.24. The summed E-state index contributed by atoms with van der Waals surface area (Å²) in [5.74, 6) is 0.487. The van der Waals surface area contributed by atoms with Crippen LogP contribution in [-0.2, 0) is 0 Å². The molecule has 6 heteroatoms. The fourth-order valence-corrected chi connectivity index (χ4v) is 1.22. The van der Waals surface area contributed by atoms with Crippen molar-refractivity contribution in [1.82, 2.24) is 14.8 Å². The quantitative estimate of drug-likeness (QED) is 0.600. The molecule has 1 aliphatic rings. The van der Waals surface area contributed by atoms with Gasteiger partial charge >= 0.3 is 0 Å². The third-order valence-electron chi connectivity index (χ3n) is 1.84. The van der Waals surface area contributed by atoms with E-state index in [1.807, 2.05) is 6.92 Å². The number of carbonyl (C=O) groups is 1. The molecule has 1 aromatic rings. The van der Waals surface area contributed by atoms with Gasteiger partial charge in [0.15, 0.2) is 0 Å². The van der Waals surface area contributed by atoms with E-state index >= 15 is 0 Å². The molecule has 0 aromatic carbocycles. The second-order valence-corrected chi connectivity index (χ2v) is 2.65. The Balaban J connectivity index is 2.39. The molecule has 6 nitrogen and oxygen atoms in total. The lowest BCUT2D eigenvalue weighted by Gasteiger charge is -2.02. The smallest absolute Gasteiger partial charge is 0.272 e. The molecular weight excluding hydrogens is 158 g/mol. The normalized spacial score (nSPS) is 20.8. The van der Waals surface area contributed by atoms with E-state index in [2.05, 4.69) is 15.4 Å². The van der Waals surface area contributed by atoms with Crippen LogP contribution in [0.3, 0.4) is 0 Å². The predicted octanol–water partition coefficient (Wildman–Crippen LogP) is -0.295. The van der Waals surface area contributed by atoms with E-state index in [0.29, 0.717) is 5.95 Å². The average Bonchev–Trinajstić information content (AvgIpc) is 2.51. The Bertz CT molecular complexity index is 331. The third kappa shape index (κ3) is 0.775. The van der Waals surface area contributed by atoms with Crippen LogP contribution in [0.4, 0.5) is 11.9 Å². The molecule has 12 heavy (non-hydrogen) atoms. The van der Waals surface area contributed by atoms with Crippen molar-refractivity contribution >= 4 is 17.8 Å². The van der Waals surface area contributed by atoms with Crippen molar-refractivity contribution in [2.75, 3.05) is 11.1 Å². The Morgan fingerprint density at radius 3 is 3.08 bits per heavy atom. The van der Waals surface area contributed by atoms with Crippen LogP contribution < -0.4 is 11.1 Å². The molecule has 0 aliphatic carbocycles. The van der Waals surface area contributed by atoms with Gasteiger partial charge in [0.2, 0.25) is 11.9 Å². The van der Waals surface area contributed by atoms with Crippen molar-refractivity contribution in [3.8, 4) is 0 Å². The van der Waals surface area contributed by atoms with Crippen molar-refractivity contribution in [2.24, 2.45) is 0 Å². The molecule has 2 heterocycles. The summed E-state index contributed by atoms with van der Waals surface area (Å²) >= 11 is 0. The minimum atomic E-state index is -0.194. The SMILES string of the molecule is CCC1Nc2nc(N)nn2C1=O. The summed E-state index contributed by atoms with van der Waals surface area (Å²) in [6.07, 6.45) is 0.726. The molecule has 64 valence electrons. The molecular formula is C6H9N5O. The van der Waals surface area contributed by atoms with Gasteiger partial charge in [0.05, 0.1) is 0 Å². The van der Waals surface area contributed by atoms with Gasteiger partial charge < -0.3 is 11.1 Å². The number of nitrogens with one attached hydrogen (secondary N) is 1. The number of nitrogen functional groups attached to an aromatic ring is 1. The van der Waals surface area contributed by atoms with E-state index in [4.69, 9.17) is 5.73 Å². The molecule has 1 aliphatic heterocycles. The first-order valence-corrected chi connectivity index (χ1v) is 3.75. The number of carbonyl (C=O) groups excluding carboxylic acids is 1. The van der Waals surface area contributed by atoms with E-state index < -0.39 is 0 Å². The second kappa shape index (κ2) is 2.20. The van der Waals surface area contributed by atoms with Gasteiger partial charge in [-0.25, -0.2) is 0 Å². The van der Waals surface area contributed by atoms with Gasteiger partial charge in [0, 0.05) is 0 Å². The molecule has 1 unspecified atom stereocenters. The largest absolute Gasteiger partial charge is 0.366 e. The maximum Gasteiger partial charge on any atom is 0.272 e. The Hall–Kier alpha value is -1.59. The minimum absolute atomic E-state index is 0.0864. The number of nitrogens with two attached hydrogens (primary N) is 1. The van der Waals surface area contributed by atoms with E-state index in [9.17, 15) is 4.79 Å². The summed E-state index contributed by atoms with van der Waals surface area (Å²) < 4.78 is 1.21. The standard InChI is InChI=1S/C6H9N5O/c1-2-3-4(12)11-6(8-3)9-5(7)10-11/h3H,2H2,1H3,(H3,7,8,9,10). The van der Waals surface area contributed by atoms with Gasteiger partial charge in [-0.1, -0.05) is 6.92 Å². The molecule has 2 rings (SSSR count). The molecule has 0 spiro atoms. The molecule has 0 amide bonds. The van der Waals surface area contributed by atoms with Crippen LogP contribution in [-0.4, -0.2) is 26.7 Å². The van der Waals surface area contributed by atoms with Crippen molar-refractivity contribution in [3.05, 3.63) is 0 Å². The number of fused-ring (bicyclic) bond motifs is 1. The number of hydrogen-bond acceptors (Lipinski definition) is 5. The maximum absolute atomic E-state index is 11.4. The van der Waals surface area contributed by atoms with Gasteiger partial charge in [0.1, 0.15) is 6.04 Å². The number of anilines is 2. The number of rotatable bonds is 1. The van der Waals surface area contributed by atoms with Crippen LogP contribution in [0, 0.1) is 0 Å². The monoisotopic (exact) mass is 167 g/mol. The summed E-state index contributed by atoms with van der Waals surface area (Å²) in [5, 5.41) is 6.66. The highest BCUT2D eigenvalue weighted by atomic mass is 16.2. The van der Waals surface area contributed by atoms with Crippen LogP contribution >= 0.6 is 0 Å². The minimum Gasteiger partial charge on any atom is -0.366 e. The average molecular weight is 167 g/mol. The first-order valence-electron chi connectivity index (χ1n) is 3.75. The van der Waals surface area contributed by atoms with E-state index in [1.54, 1.807) is 0 Å². The van der Waals surface area contributed by atoms with Crippen LogP contribution in [0.1, 0.15) is 18.1 Å². The Morgan fingerprint density at radius 2 is 2.50 bits per heavy atom. The summed E-state index contributed by atoms with van der Waals surface area (Å²) in [4.78, 5) is 15.2. The lowest BCUT2D eigenvalue weighted by atomic mass is 10.2. The lowest BCUT2D eigenvalue weighted by molar-refractivity contribution is 0.0892. The predicted molar refractivity (Wildman–Crippen MR) is 42.8 cm³/mol. The highest BCUT2D eigenvalue weighted by Gasteiger charge is 2.30. The van der Waals surface area contributed by atoms with E-state index in [1.165, 1.54) is 4.68 Å². The van der Waals surface area contributed by atoms with Gasteiger partial charge in [-0.05, 0) is 6.42 Å². The number of hydrogen-bond donors (Lipinski definition) is 2. The second-order valence-electron chi connectivity index (χ2n) is 2.65. The van der Waals surface area contributed by atoms with Crippen molar-refractivity contribution in [1.29, 1.82) is 0 Å². The Labute approximate surface area is 68.8 Å². The summed E-state index contributed by atoms with van der Waals surface area (Å²) in [6.45, 7) is 1.92. The molecule has 3 N–H and O–H groups in total. The van der Waals surface area contributed by atoms with Gasteiger partial charge in [-0.15, -0.1) is 5.10 Å². The Kier molecular flexibility index (Phi) is 1.30. The van der Waals surface area contributed by atoms with Gasteiger partial charge in [-0.3, -0.25) is 4.79 Å².